The van der Waals surface area contributed by atoms with Gasteiger partial charge in [-0.15, -0.1) is 0 Å². The molecule has 0 aromatic heterocycles. The van der Waals surface area contributed by atoms with Crippen molar-refractivity contribution in [2.45, 2.75) is 25.4 Å². The van der Waals surface area contributed by atoms with Crippen molar-refractivity contribution in [3.63, 3.8) is 0 Å². The second kappa shape index (κ2) is 5.18. The molecule has 6 heteroatoms. The van der Waals surface area contributed by atoms with Gasteiger partial charge in [-0.05, 0) is 42.6 Å². The van der Waals surface area contributed by atoms with E-state index in [0.717, 1.165) is 25.1 Å². The van der Waals surface area contributed by atoms with Crippen LogP contribution in [-0.2, 0) is 22.8 Å². The van der Waals surface area contributed by atoms with Crippen molar-refractivity contribution in [1.82, 2.24) is 10.6 Å². The van der Waals surface area contributed by atoms with Gasteiger partial charge < -0.3 is 10.6 Å². The Balaban J connectivity index is 1.71. The first-order chi connectivity index (χ1) is 9.53. The molecular formula is C14H18N2O3S. The maximum absolute atomic E-state index is 12.2. The Hall–Kier alpha value is -1.40. The van der Waals surface area contributed by atoms with E-state index in [1.165, 1.54) is 5.56 Å². The van der Waals surface area contributed by atoms with Crippen LogP contribution in [0.3, 0.4) is 0 Å². The molecule has 2 aliphatic heterocycles. The number of fused-ring (bicyclic) bond motifs is 1. The Morgan fingerprint density at radius 3 is 2.90 bits per heavy atom. The van der Waals surface area contributed by atoms with Crippen LogP contribution in [0.4, 0.5) is 0 Å². The molecule has 1 unspecified atom stereocenters. The third kappa shape index (κ3) is 2.86. The van der Waals surface area contributed by atoms with Crippen LogP contribution in [0, 0.1) is 0 Å². The normalized spacial score (nSPS) is 24.1. The highest BCUT2D eigenvalue weighted by Crippen LogP contribution is 2.17. The Morgan fingerprint density at radius 2 is 2.15 bits per heavy atom. The summed E-state index contributed by atoms with van der Waals surface area (Å²) in [4.78, 5) is 12.2. The molecule has 1 aromatic rings. The van der Waals surface area contributed by atoms with Crippen molar-refractivity contribution < 1.29 is 13.2 Å². The number of amides is 1. The molecule has 1 saturated heterocycles. The highest BCUT2D eigenvalue weighted by atomic mass is 32.2. The Bertz CT molecular complexity index is 640. The number of hydrogen-bond donors (Lipinski definition) is 2. The van der Waals surface area contributed by atoms with Gasteiger partial charge in [0.25, 0.3) is 5.91 Å². The summed E-state index contributed by atoms with van der Waals surface area (Å²) in [5.41, 5.74) is 3.04. The fraction of sp³-hybridized carbons (Fsp3) is 0.500. The van der Waals surface area contributed by atoms with Crippen molar-refractivity contribution >= 4 is 15.7 Å². The van der Waals surface area contributed by atoms with Gasteiger partial charge in [-0.3, -0.25) is 4.79 Å². The maximum atomic E-state index is 12.2. The highest BCUT2D eigenvalue weighted by Gasteiger charge is 2.29. The van der Waals surface area contributed by atoms with E-state index in [2.05, 4.69) is 10.6 Å². The minimum Gasteiger partial charge on any atom is -0.348 e. The van der Waals surface area contributed by atoms with Crippen LogP contribution in [0.25, 0.3) is 0 Å². The molecule has 1 fully saturated rings. The van der Waals surface area contributed by atoms with Gasteiger partial charge in [-0.2, -0.15) is 0 Å². The molecule has 2 aliphatic rings. The lowest BCUT2D eigenvalue weighted by molar-refractivity contribution is 0.0941. The molecule has 3 rings (SSSR count). The quantitative estimate of drug-likeness (QED) is 0.820. The standard InChI is InChI=1S/C14H18N2O3S/c17-14(16-13-4-6-20(18,19)9-13)11-2-1-10-3-5-15-8-12(10)7-11/h1-2,7,13,15H,3-6,8-9H2,(H,16,17). The average Bonchev–Trinajstić information content (AvgIpc) is 2.77. The number of benzene rings is 1. The largest absolute Gasteiger partial charge is 0.348 e. The number of rotatable bonds is 2. The molecule has 2 heterocycles. The lowest BCUT2D eigenvalue weighted by Gasteiger charge is -2.18. The molecular weight excluding hydrogens is 276 g/mol. The van der Waals surface area contributed by atoms with Crippen LogP contribution in [0.2, 0.25) is 0 Å². The molecule has 5 nitrogen and oxygen atoms in total. The molecule has 0 aliphatic carbocycles. The van der Waals surface area contributed by atoms with Crippen molar-refractivity contribution in [2.24, 2.45) is 0 Å². The van der Waals surface area contributed by atoms with E-state index in [0.29, 0.717) is 12.0 Å². The third-order valence-electron chi connectivity index (χ3n) is 3.92. The van der Waals surface area contributed by atoms with Crippen LogP contribution in [-0.4, -0.2) is 38.4 Å². The lowest BCUT2D eigenvalue weighted by Crippen LogP contribution is -2.35. The number of sulfone groups is 1. The molecule has 1 aromatic carbocycles. The maximum Gasteiger partial charge on any atom is 0.251 e. The lowest BCUT2D eigenvalue weighted by atomic mass is 9.98. The van der Waals surface area contributed by atoms with Gasteiger partial charge in [0, 0.05) is 18.2 Å². The van der Waals surface area contributed by atoms with Crippen molar-refractivity contribution in [3.8, 4) is 0 Å². The van der Waals surface area contributed by atoms with Crippen molar-refractivity contribution in [2.75, 3.05) is 18.1 Å². The molecule has 0 saturated carbocycles. The zero-order valence-corrected chi connectivity index (χ0v) is 12.0. The summed E-state index contributed by atoms with van der Waals surface area (Å²) in [6.07, 6.45) is 1.50. The molecule has 108 valence electrons. The van der Waals surface area contributed by atoms with Gasteiger partial charge in [0.15, 0.2) is 9.84 Å². The van der Waals surface area contributed by atoms with E-state index in [1.807, 2.05) is 18.2 Å². The van der Waals surface area contributed by atoms with Gasteiger partial charge in [0.1, 0.15) is 0 Å². The van der Waals surface area contributed by atoms with Gasteiger partial charge in [-0.1, -0.05) is 6.07 Å². The van der Waals surface area contributed by atoms with Crippen LogP contribution in [0.1, 0.15) is 27.9 Å². The number of carbonyl (C=O) groups is 1. The fourth-order valence-corrected chi connectivity index (χ4v) is 4.47. The number of nitrogens with one attached hydrogen (secondary N) is 2. The third-order valence-corrected chi connectivity index (χ3v) is 5.69. The zero-order chi connectivity index (χ0) is 14.2. The summed E-state index contributed by atoms with van der Waals surface area (Å²) in [6.45, 7) is 1.76. The second-order valence-electron chi connectivity index (χ2n) is 5.48. The predicted molar refractivity (Wildman–Crippen MR) is 76.4 cm³/mol. The van der Waals surface area contributed by atoms with Crippen LogP contribution in [0.5, 0.6) is 0 Å². The Morgan fingerprint density at radius 1 is 1.30 bits per heavy atom. The van der Waals surface area contributed by atoms with E-state index >= 15 is 0 Å². The summed E-state index contributed by atoms with van der Waals surface area (Å²) in [7, 11) is -2.96. The van der Waals surface area contributed by atoms with E-state index < -0.39 is 9.84 Å². The van der Waals surface area contributed by atoms with Gasteiger partial charge in [-0.25, -0.2) is 8.42 Å². The molecule has 20 heavy (non-hydrogen) atoms. The van der Waals surface area contributed by atoms with Gasteiger partial charge >= 0.3 is 0 Å². The Kier molecular flexibility index (Phi) is 3.52. The molecule has 0 spiro atoms. The summed E-state index contributed by atoms with van der Waals surface area (Å²) in [5.74, 6) is 0.0533. The average molecular weight is 294 g/mol. The highest BCUT2D eigenvalue weighted by molar-refractivity contribution is 7.91. The summed E-state index contributed by atoms with van der Waals surface area (Å²) >= 11 is 0. The smallest absolute Gasteiger partial charge is 0.251 e. The van der Waals surface area contributed by atoms with Gasteiger partial charge in [0.05, 0.1) is 11.5 Å². The summed E-state index contributed by atoms with van der Waals surface area (Å²) in [6, 6.07) is 5.47. The van der Waals surface area contributed by atoms with Crippen LogP contribution < -0.4 is 10.6 Å². The van der Waals surface area contributed by atoms with E-state index in [1.54, 1.807) is 0 Å². The SMILES string of the molecule is O=C(NC1CCS(=O)(=O)C1)c1ccc2c(c1)CNCC2. The minimum atomic E-state index is -2.96. The topological polar surface area (TPSA) is 75.3 Å². The van der Waals surface area contributed by atoms with Gasteiger partial charge in [0.2, 0.25) is 0 Å². The van der Waals surface area contributed by atoms with Crippen LogP contribution in [0.15, 0.2) is 18.2 Å². The first kappa shape index (κ1) is 13.6. The first-order valence-electron chi connectivity index (χ1n) is 6.87. The molecule has 1 amide bonds. The minimum absolute atomic E-state index is 0.0608. The predicted octanol–water partition coefficient (Wildman–Crippen LogP) is 0.249. The van der Waals surface area contributed by atoms with E-state index in [9.17, 15) is 13.2 Å². The fourth-order valence-electron chi connectivity index (χ4n) is 2.80. The number of carbonyl (C=O) groups excluding carboxylic acids is 1. The van der Waals surface area contributed by atoms with E-state index in [-0.39, 0.29) is 23.5 Å². The summed E-state index contributed by atoms with van der Waals surface area (Å²) in [5, 5.41) is 6.10. The number of hydrogen-bond acceptors (Lipinski definition) is 4. The van der Waals surface area contributed by atoms with E-state index in [4.69, 9.17) is 0 Å². The monoisotopic (exact) mass is 294 g/mol. The van der Waals surface area contributed by atoms with Crippen LogP contribution >= 0.6 is 0 Å². The van der Waals surface area contributed by atoms with Crippen molar-refractivity contribution in [3.05, 3.63) is 34.9 Å². The summed E-state index contributed by atoms with van der Waals surface area (Å²) < 4.78 is 22.8. The molecule has 0 radical (unpaired) electrons. The molecule has 0 bridgehead atoms. The second-order valence-corrected chi connectivity index (χ2v) is 7.71. The van der Waals surface area contributed by atoms with Crippen molar-refractivity contribution in [1.29, 1.82) is 0 Å². The molecule has 2 N–H and O–H groups in total. The Labute approximate surface area is 118 Å². The molecule has 1 atom stereocenters. The zero-order valence-electron chi connectivity index (χ0n) is 11.2. The first-order valence-corrected chi connectivity index (χ1v) is 8.69.